The maximum absolute atomic E-state index is 6.09. The molecule has 0 fully saturated rings. The molecular weight excluding hydrogens is 262 g/mol. The molecule has 0 aromatic carbocycles. The zero-order valence-electron chi connectivity index (χ0n) is 9.24. The standard InChI is InChI=1S/C10H14ClN3S2/c1-3-6(4-2)9-13-16-10-7(14(9)12)5-8(11)15-10/h5-6H,3-4,12H2,1-2H3. The lowest BCUT2D eigenvalue weighted by atomic mass is 10.0. The van der Waals surface area contributed by atoms with Crippen LogP contribution in [-0.2, 0) is 0 Å². The molecule has 16 heavy (non-hydrogen) atoms. The van der Waals surface area contributed by atoms with Crippen LogP contribution in [0.25, 0.3) is 0 Å². The van der Waals surface area contributed by atoms with Crippen LogP contribution in [0, 0.1) is 5.92 Å². The molecule has 0 atom stereocenters. The van der Waals surface area contributed by atoms with E-state index in [0.717, 1.165) is 32.9 Å². The van der Waals surface area contributed by atoms with Gasteiger partial charge in [0.2, 0.25) is 0 Å². The lowest BCUT2D eigenvalue weighted by Crippen LogP contribution is -2.42. The van der Waals surface area contributed by atoms with Gasteiger partial charge in [-0.2, -0.15) is 4.40 Å². The number of nitrogens with two attached hydrogens (primary N) is 1. The van der Waals surface area contributed by atoms with Gasteiger partial charge in [-0.1, -0.05) is 25.4 Å². The number of hydrogen-bond acceptors (Lipinski definition) is 5. The average molecular weight is 276 g/mol. The smallest absolute Gasteiger partial charge is 0.135 e. The van der Waals surface area contributed by atoms with Gasteiger partial charge in [0.15, 0.2) is 0 Å². The summed E-state index contributed by atoms with van der Waals surface area (Å²) in [5.41, 5.74) is 0.983. The Morgan fingerprint density at radius 3 is 2.81 bits per heavy atom. The van der Waals surface area contributed by atoms with E-state index in [0.29, 0.717) is 5.92 Å². The van der Waals surface area contributed by atoms with Crippen molar-refractivity contribution in [3.63, 3.8) is 0 Å². The number of rotatable bonds is 3. The van der Waals surface area contributed by atoms with Gasteiger partial charge in [-0.25, -0.2) is 5.84 Å². The van der Waals surface area contributed by atoms with E-state index in [1.807, 2.05) is 6.07 Å². The SMILES string of the molecule is CCC(CC)C1=NSc2sc(Cl)cc2N1N. The highest BCUT2D eigenvalue weighted by molar-refractivity contribution is 8.00. The molecule has 3 nitrogen and oxygen atoms in total. The van der Waals surface area contributed by atoms with E-state index in [9.17, 15) is 0 Å². The van der Waals surface area contributed by atoms with E-state index in [4.69, 9.17) is 17.4 Å². The Labute approximate surface area is 109 Å². The van der Waals surface area contributed by atoms with Crippen molar-refractivity contribution in [3.05, 3.63) is 10.4 Å². The molecule has 1 aromatic rings. The third kappa shape index (κ3) is 2.09. The largest absolute Gasteiger partial charge is 0.263 e. The zero-order chi connectivity index (χ0) is 11.7. The van der Waals surface area contributed by atoms with E-state index in [1.54, 1.807) is 5.01 Å². The number of anilines is 1. The second kappa shape index (κ2) is 4.96. The highest BCUT2D eigenvalue weighted by Gasteiger charge is 2.26. The van der Waals surface area contributed by atoms with Crippen molar-refractivity contribution in [2.24, 2.45) is 16.2 Å². The Morgan fingerprint density at radius 2 is 2.19 bits per heavy atom. The summed E-state index contributed by atoms with van der Waals surface area (Å²) in [6.45, 7) is 4.32. The van der Waals surface area contributed by atoms with Gasteiger partial charge >= 0.3 is 0 Å². The van der Waals surface area contributed by atoms with E-state index < -0.39 is 0 Å². The van der Waals surface area contributed by atoms with Gasteiger partial charge in [0.05, 0.1) is 10.0 Å². The molecule has 1 aromatic heterocycles. The molecule has 0 amide bonds. The van der Waals surface area contributed by atoms with Crippen LogP contribution >= 0.6 is 34.9 Å². The molecular formula is C10H14ClN3S2. The van der Waals surface area contributed by atoms with Crippen LogP contribution in [0.2, 0.25) is 4.34 Å². The van der Waals surface area contributed by atoms with E-state index in [2.05, 4.69) is 18.2 Å². The molecule has 1 aliphatic rings. The molecule has 1 aliphatic heterocycles. The summed E-state index contributed by atoms with van der Waals surface area (Å²) in [6.07, 6.45) is 2.10. The lowest BCUT2D eigenvalue weighted by Gasteiger charge is -2.28. The fourth-order valence-corrected chi connectivity index (χ4v) is 4.03. The summed E-state index contributed by atoms with van der Waals surface area (Å²) >= 11 is 8.99. The second-order valence-corrected chi connectivity index (χ2v) is 6.36. The quantitative estimate of drug-likeness (QED) is 0.671. The molecule has 0 saturated heterocycles. The first kappa shape index (κ1) is 12.2. The molecule has 0 aliphatic carbocycles. The molecule has 0 bridgehead atoms. The number of hydrazine groups is 1. The first-order valence-corrected chi connectivity index (χ1v) is 7.23. The normalized spacial score (nSPS) is 15.3. The zero-order valence-corrected chi connectivity index (χ0v) is 11.6. The fourth-order valence-electron chi connectivity index (χ4n) is 1.75. The summed E-state index contributed by atoms with van der Waals surface area (Å²) in [4.78, 5) is 0. The first-order chi connectivity index (χ1) is 7.67. The van der Waals surface area contributed by atoms with Gasteiger partial charge in [-0.3, -0.25) is 5.01 Å². The van der Waals surface area contributed by atoms with Crippen LogP contribution in [0.4, 0.5) is 5.69 Å². The number of fused-ring (bicyclic) bond motifs is 1. The Bertz CT molecular complexity index is 412. The van der Waals surface area contributed by atoms with Crippen molar-refractivity contribution in [3.8, 4) is 0 Å². The minimum atomic E-state index is 0.421. The van der Waals surface area contributed by atoms with Crippen LogP contribution < -0.4 is 10.9 Å². The van der Waals surface area contributed by atoms with Gasteiger partial charge in [0, 0.05) is 17.9 Å². The molecule has 2 N–H and O–H groups in total. The third-order valence-corrected chi connectivity index (χ3v) is 4.90. The first-order valence-electron chi connectivity index (χ1n) is 5.26. The van der Waals surface area contributed by atoms with Crippen LogP contribution in [0.5, 0.6) is 0 Å². The Kier molecular flexibility index (Phi) is 3.79. The van der Waals surface area contributed by atoms with E-state index in [-0.39, 0.29) is 0 Å². The van der Waals surface area contributed by atoms with Gasteiger partial charge in [0.25, 0.3) is 0 Å². The van der Waals surface area contributed by atoms with Crippen LogP contribution in [-0.4, -0.2) is 5.84 Å². The number of hydrogen-bond donors (Lipinski definition) is 1. The Balaban J connectivity index is 2.29. The second-order valence-electron chi connectivity index (χ2n) is 3.65. The Hall–Kier alpha value is -0.230. The monoisotopic (exact) mass is 275 g/mol. The van der Waals surface area contributed by atoms with E-state index >= 15 is 0 Å². The number of nitrogens with zero attached hydrogens (tertiary/aromatic N) is 2. The van der Waals surface area contributed by atoms with Crippen molar-refractivity contribution in [1.82, 2.24) is 0 Å². The summed E-state index contributed by atoms with van der Waals surface area (Å²) < 4.78 is 6.32. The van der Waals surface area contributed by atoms with Crippen molar-refractivity contribution in [1.29, 1.82) is 0 Å². The highest BCUT2D eigenvalue weighted by atomic mass is 35.5. The Morgan fingerprint density at radius 1 is 1.50 bits per heavy atom. The summed E-state index contributed by atoms with van der Waals surface area (Å²) in [5, 5.41) is 1.69. The summed E-state index contributed by atoms with van der Waals surface area (Å²) in [6, 6.07) is 1.91. The van der Waals surface area contributed by atoms with Crippen molar-refractivity contribution in [2.45, 2.75) is 30.9 Å². The van der Waals surface area contributed by atoms with Gasteiger partial charge in [-0.15, -0.1) is 11.3 Å². The molecule has 88 valence electrons. The number of halogens is 1. The third-order valence-electron chi connectivity index (χ3n) is 2.73. The minimum Gasteiger partial charge on any atom is -0.263 e. The molecule has 0 spiro atoms. The fraction of sp³-hybridized carbons (Fsp3) is 0.500. The lowest BCUT2D eigenvalue weighted by molar-refractivity contribution is 0.631. The topological polar surface area (TPSA) is 41.6 Å². The molecule has 2 heterocycles. The predicted molar refractivity (Wildman–Crippen MR) is 73.4 cm³/mol. The maximum Gasteiger partial charge on any atom is 0.135 e. The van der Waals surface area contributed by atoms with Gasteiger partial charge in [0.1, 0.15) is 10.0 Å². The molecule has 0 unspecified atom stereocenters. The minimum absolute atomic E-state index is 0.421. The molecule has 2 rings (SSSR count). The molecule has 0 saturated carbocycles. The van der Waals surface area contributed by atoms with Crippen LogP contribution in [0.1, 0.15) is 26.7 Å². The van der Waals surface area contributed by atoms with Crippen molar-refractivity contribution < 1.29 is 0 Å². The van der Waals surface area contributed by atoms with Crippen LogP contribution in [0.15, 0.2) is 14.7 Å². The number of amidine groups is 1. The van der Waals surface area contributed by atoms with Crippen molar-refractivity contribution >= 4 is 46.4 Å². The highest BCUT2D eigenvalue weighted by Crippen LogP contribution is 2.44. The van der Waals surface area contributed by atoms with Crippen LogP contribution in [0.3, 0.4) is 0 Å². The molecule has 0 radical (unpaired) electrons. The van der Waals surface area contributed by atoms with Gasteiger partial charge in [-0.05, 0) is 18.9 Å². The number of thiophene rings is 1. The maximum atomic E-state index is 6.09. The summed E-state index contributed by atoms with van der Waals surface area (Å²) in [7, 11) is 0. The van der Waals surface area contributed by atoms with Crippen molar-refractivity contribution in [2.75, 3.05) is 5.01 Å². The molecule has 6 heteroatoms. The average Bonchev–Trinajstić information content (AvgIpc) is 2.65. The predicted octanol–water partition coefficient (Wildman–Crippen LogP) is 3.94. The van der Waals surface area contributed by atoms with E-state index in [1.165, 1.54) is 23.3 Å². The summed E-state index contributed by atoms with van der Waals surface area (Å²) in [5.74, 6) is 7.47. The van der Waals surface area contributed by atoms with Gasteiger partial charge < -0.3 is 0 Å².